The predicted octanol–water partition coefficient (Wildman–Crippen LogP) is 2.99. The number of carboxylic acids is 1. The van der Waals surface area contributed by atoms with E-state index in [2.05, 4.69) is 11.0 Å². The number of carbonyl (C=O) groups is 1. The second-order valence-corrected chi connectivity index (χ2v) is 6.71. The molecule has 1 N–H and O–H groups in total. The number of rotatable bonds is 4. The van der Waals surface area contributed by atoms with Gasteiger partial charge in [-0.25, -0.2) is 4.79 Å². The fourth-order valence-corrected chi connectivity index (χ4v) is 4.07. The summed E-state index contributed by atoms with van der Waals surface area (Å²) in [6, 6.07) is 8.01. The second kappa shape index (κ2) is 5.95. The molecule has 114 valence electrons. The first-order valence-electron chi connectivity index (χ1n) is 7.21. The van der Waals surface area contributed by atoms with Crippen LogP contribution in [0.4, 0.5) is 0 Å². The van der Waals surface area contributed by atoms with Crippen LogP contribution in [-0.4, -0.2) is 27.1 Å². The largest absolute Gasteiger partial charge is 0.477 e. The third-order valence-electron chi connectivity index (χ3n) is 4.09. The van der Waals surface area contributed by atoms with Crippen molar-refractivity contribution in [1.82, 2.24) is 9.47 Å². The van der Waals surface area contributed by atoms with Crippen molar-refractivity contribution < 1.29 is 9.90 Å². The molecular formula is C16H17N3O2S. The molecule has 6 heteroatoms. The topological polar surface area (TPSA) is 69.3 Å². The molecule has 0 bridgehead atoms. The summed E-state index contributed by atoms with van der Waals surface area (Å²) in [5.74, 6) is -0.859. The number of aryl methyl sites for hydroxylation is 1. The molecule has 22 heavy (non-hydrogen) atoms. The molecule has 2 aromatic heterocycles. The molecule has 1 atom stereocenters. The number of hydrogen-bond donors (Lipinski definition) is 1. The molecule has 0 saturated carbocycles. The van der Waals surface area contributed by atoms with Gasteiger partial charge in [-0.2, -0.15) is 5.26 Å². The minimum absolute atomic E-state index is 0.281. The van der Waals surface area contributed by atoms with Gasteiger partial charge in [0, 0.05) is 30.7 Å². The van der Waals surface area contributed by atoms with Crippen LogP contribution >= 0.6 is 11.3 Å². The molecule has 1 unspecified atom stereocenters. The van der Waals surface area contributed by atoms with Crippen molar-refractivity contribution in [2.24, 2.45) is 7.05 Å². The van der Waals surface area contributed by atoms with E-state index in [0.717, 1.165) is 36.4 Å². The van der Waals surface area contributed by atoms with Crippen molar-refractivity contribution >= 4 is 17.3 Å². The number of likely N-dealkylation sites (tertiary alicyclic amines) is 1. The Hall–Kier alpha value is -2.10. The molecule has 3 rings (SSSR count). The lowest BCUT2D eigenvalue weighted by Crippen LogP contribution is -2.21. The summed E-state index contributed by atoms with van der Waals surface area (Å²) in [7, 11) is 1.88. The van der Waals surface area contributed by atoms with Gasteiger partial charge in [0.2, 0.25) is 0 Å². The van der Waals surface area contributed by atoms with Crippen molar-refractivity contribution in [2.45, 2.75) is 25.4 Å². The lowest BCUT2D eigenvalue weighted by Gasteiger charge is -2.23. The van der Waals surface area contributed by atoms with Gasteiger partial charge in [-0.15, -0.1) is 11.3 Å². The van der Waals surface area contributed by atoms with Crippen molar-refractivity contribution in [2.75, 3.05) is 6.54 Å². The van der Waals surface area contributed by atoms with Gasteiger partial charge in [0.25, 0.3) is 0 Å². The Morgan fingerprint density at radius 1 is 1.55 bits per heavy atom. The van der Waals surface area contributed by atoms with E-state index in [4.69, 9.17) is 10.4 Å². The van der Waals surface area contributed by atoms with Crippen LogP contribution in [0.2, 0.25) is 0 Å². The monoisotopic (exact) mass is 315 g/mol. The second-order valence-electron chi connectivity index (χ2n) is 5.59. The van der Waals surface area contributed by atoms with Gasteiger partial charge in [0.05, 0.1) is 0 Å². The van der Waals surface area contributed by atoms with E-state index in [-0.39, 0.29) is 6.04 Å². The van der Waals surface area contributed by atoms with E-state index in [9.17, 15) is 4.79 Å². The fourth-order valence-electron chi connectivity index (χ4n) is 3.05. The van der Waals surface area contributed by atoms with Crippen molar-refractivity contribution in [3.05, 3.63) is 45.4 Å². The Kier molecular flexibility index (Phi) is 4.01. The zero-order valence-electron chi connectivity index (χ0n) is 12.3. The number of hydrogen-bond acceptors (Lipinski definition) is 4. The van der Waals surface area contributed by atoms with E-state index >= 15 is 0 Å². The highest BCUT2D eigenvalue weighted by Gasteiger charge is 2.28. The number of carboxylic acid groups (broad SMARTS) is 1. The summed E-state index contributed by atoms with van der Waals surface area (Å²) in [6.45, 7) is 1.79. The molecule has 1 fully saturated rings. The summed E-state index contributed by atoms with van der Waals surface area (Å²) in [5.41, 5.74) is 1.79. The summed E-state index contributed by atoms with van der Waals surface area (Å²) in [6.07, 6.45) is 4.16. The molecule has 1 saturated heterocycles. The number of nitrogens with zero attached hydrogens (tertiary/aromatic N) is 3. The lowest BCUT2D eigenvalue weighted by molar-refractivity contribution is 0.0702. The van der Waals surface area contributed by atoms with Crippen LogP contribution in [0.5, 0.6) is 0 Å². The maximum Gasteiger partial charge on any atom is 0.345 e. The smallest absolute Gasteiger partial charge is 0.345 e. The maximum atomic E-state index is 11.0. The van der Waals surface area contributed by atoms with E-state index in [0.29, 0.717) is 10.6 Å². The number of thiophene rings is 1. The third-order valence-corrected chi connectivity index (χ3v) is 5.27. The van der Waals surface area contributed by atoms with Crippen molar-refractivity contribution in [1.29, 1.82) is 5.26 Å². The standard InChI is InChI=1S/C16H17N3O2S/c1-18-9-11(7-12(18)8-17)10-19-6-2-3-13(19)14-4-5-15(22-14)16(20)21/h4-5,7,9,13H,2-3,6,10H2,1H3,(H,20,21). The average Bonchev–Trinajstić information content (AvgIpc) is 3.18. The Balaban J connectivity index is 1.77. The van der Waals surface area contributed by atoms with E-state index < -0.39 is 5.97 Å². The number of aromatic nitrogens is 1. The summed E-state index contributed by atoms with van der Waals surface area (Å²) < 4.78 is 1.84. The normalized spacial score (nSPS) is 18.5. The van der Waals surface area contributed by atoms with Crippen molar-refractivity contribution in [3.63, 3.8) is 0 Å². The van der Waals surface area contributed by atoms with Crippen LogP contribution in [0.1, 0.15) is 44.7 Å². The van der Waals surface area contributed by atoms with E-state index in [1.54, 1.807) is 6.07 Å². The molecule has 3 heterocycles. The van der Waals surface area contributed by atoms with Crippen LogP contribution in [0.25, 0.3) is 0 Å². The quantitative estimate of drug-likeness (QED) is 0.941. The Morgan fingerprint density at radius 3 is 3.00 bits per heavy atom. The van der Waals surface area contributed by atoms with Gasteiger partial charge in [0.1, 0.15) is 16.6 Å². The highest BCUT2D eigenvalue weighted by molar-refractivity contribution is 7.14. The van der Waals surface area contributed by atoms with Crippen LogP contribution in [-0.2, 0) is 13.6 Å². The summed E-state index contributed by atoms with van der Waals surface area (Å²) in [5, 5.41) is 18.1. The first-order chi connectivity index (χ1) is 10.6. The Morgan fingerprint density at radius 2 is 2.36 bits per heavy atom. The molecule has 1 aliphatic heterocycles. The summed E-state index contributed by atoms with van der Waals surface area (Å²) in [4.78, 5) is 14.9. The highest BCUT2D eigenvalue weighted by Crippen LogP contribution is 2.36. The van der Waals surface area contributed by atoms with Crippen LogP contribution in [0.3, 0.4) is 0 Å². The molecule has 2 aromatic rings. The van der Waals surface area contributed by atoms with Gasteiger partial charge in [-0.05, 0) is 43.1 Å². The fraction of sp³-hybridized carbons (Fsp3) is 0.375. The zero-order valence-corrected chi connectivity index (χ0v) is 13.1. The summed E-state index contributed by atoms with van der Waals surface area (Å²) >= 11 is 1.37. The molecule has 0 spiro atoms. The van der Waals surface area contributed by atoms with Gasteiger partial charge < -0.3 is 9.67 Å². The minimum Gasteiger partial charge on any atom is -0.477 e. The minimum atomic E-state index is -0.859. The number of nitriles is 1. The molecule has 1 aliphatic rings. The van der Waals surface area contributed by atoms with Gasteiger partial charge >= 0.3 is 5.97 Å². The van der Waals surface area contributed by atoms with E-state index in [1.165, 1.54) is 11.3 Å². The maximum absolute atomic E-state index is 11.0. The molecular weight excluding hydrogens is 298 g/mol. The van der Waals surface area contributed by atoms with Gasteiger partial charge in [0.15, 0.2) is 0 Å². The first-order valence-corrected chi connectivity index (χ1v) is 8.02. The molecule has 0 amide bonds. The number of aromatic carboxylic acids is 1. The predicted molar refractivity (Wildman–Crippen MR) is 83.8 cm³/mol. The van der Waals surface area contributed by atoms with Gasteiger partial charge in [-0.3, -0.25) is 4.90 Å². The molecule has 0 aliphatic carbocycles. The van der Waals surface area contributed by atoms with Crippen LogP contribution in [0.15, 0.2) is 24.4 Å². The molecule has 5 nitrogen and oxygen atoms in total. The Labute approximate surface area is 133 Å². The van der Waals surface area contributed by atoms with Crippen LogP contribution in [0, 0.1) is 11.3 Å². The average molecular weight is 315 g/mol. The molecule has 0 aromatic carbocycles. The highest BCUT2D eigenvalue weighted by atomic mass is 32.1. The first kappa shape index (κ1) is 14.8. The van der Waals surface area contributed by atoms with Gasteiger partial charge in [-0.1, -0.05) is 0 Å². The third kappa shape index (κ3) is 2.78. The van der Waals surface area contributed by atoms with Crippen LogP contribution < -0.4 is 0 Å². The van der Waals surface area contributed by atoms with Crippen molar-refractivity contribution in [3.8, 4) is 6.07 Å². The zero-order chi connectivity index (χ0) is 15.7. The SMILES string of the molecule is Cn1cc(CN2CCCC2c2ccc(C(=O)O)s2)cc1C#N. The lowest BCUT2D eigenvalue weighted by atomic mass is 10.1. The molecule has 0 radical (unpaired) electrons. The van der Waals surface area contributed by atoms with E-state index in [1.807, 2.05) is 29.9 Å². The Bertz CT molecular complexity index is 741.